The fourth-order valence-corrected chi connectivity index (χ4v) is 5.22. The molecule has 0 radical (unpaired) electrons. The number of carbonyl (C=O) groups excluding carboxylic acids is 1. The topological polar surface area (TPSA) is 66.5 Å². The molecule has 0 spiro atoms. The third-order valence-electron chi connectivity index (χ3n) is 5.36. The summed E-state index contributed by atoms with van der Waals surface area (Å²) in [5, 5.41) is 3.02. The molecule has 156 valence electrons. The van der Waals surface area contributed by atoms with Gasteiger partial charge in [-0.25, -0.2) is 12.7 Å². The summed E-state index contributed by atoms with van der Waals surface area (Å²) in [5.41, 5.74) is 2.52. The van der Waals surface area contributed by atoms with Crippen molar-refractivity contribution in [1.29, 1.82) is 0 Å². The number of carbonyl (C=O) groups is 1. The van der Waals surface area contributed by atoms with E-state index < -0.39 is 10.0 Å². The zero-order chi connectivity index (χ0) is 20.7. The summed E-state index contributed by atoms with van der Waals surface area (Å²) in [5.74, 6) is -0.140. The molecular formula is C23H30N2O3S. The average Bonchev–Trinajstić information content (AvgIpc) is 2.74. The Labute approximate surface area is 174 Å². The number of nitrogens with one attached hydrogen (secondary N) is 1. The minimum atomic E-state index is -3.29. The van der Waals surface area contributed by atoms with Gasteiger partial charge in [0.2, 0.25) is 10.0 Å². The maximum atomic E-state index is 12.6. The molecule has 6 heteroatoms. The van der Waals surface area contributed by atoms with Crippen molar-refractivity contribution in [2.45, 2.75) is 50.8 Å². The third kappa shape index (κ3) is 6.41. The van der Waals surface area contributed by atoms with Crippen molar-refractivity contribution in [2.24, 2.45) is 0 Å². The number of aryl methyl sites for hydroxylation is 1. The fourth-order valence-electron chi connectivity index (χ4n) is 3.60. The zero-order valence-electron chi connectivity index (χ0n) is 17.0. The van der Waals surface area contributed by atoms with Crippen molar-refractivity contribution in [3.05, 3.63) is 71.3 Å². The lowest BCUT2D eigenvalue weighted by Crippen LogP contribution is -2.36. The van der Waals surface area contributed by atoms with Gasteiger partial charge in [-0.2, -0.15) is 0 Å². The predicted octanol–water partition coefficient (Wildman–Crippen LogP) is 3.75. The lowest BCUT2D eigenvalue weighted by molar-refractivity contribution is 0.0938. The molecule has 1 atom stereocenters. The van der Waals surface area contributed by atoms with E-state index in [1.54, 1.807) is 28.6 Å². The van der Waals surface area contributed by atoms with E-state index >= 15 is 0 Å². The van der Waals surface area contributed by atoms with E-state index in [1.807, 2.05) is 25.1 Å². The van der Waals surface area contributed by atoms with Crippen LogP contribution in [-0.2, 0) is 22.2 Å². The van der Waals surface area contributed by atoms with Crippen LogP contribution < -0.4 is 5.32 Å². The monoisotopic (exact) mass is 414 g/mol. The molecule has 2 aromatic carbocycles. The predicted molar refractivity (Wildman–Crippen MR) is 116 cm³/mol. The summed E-state index contributed by atoms with van der Waals surface area (Å²) in [7, 11) is -3.29. The molecule has 1 aliphatic heterocycles. The number of amides is 1. The van der Waals surface area contributed by atoms with E-state index in [-0.39, 0.29) is 17.7 Å². The van der Waals surface area contributed by atoms with Crippen LogP contribution in [0.5, 0.6) is 0 Å². The summed E-state index contributed by atoms with van der Waals surface area (Å²) in [6.07, 6.45) is 4.73. The molecule has 1 N–H and O–H groups in total. The molecule has 0 aromatic heterocycles. The molecule has 1 amide bonds. The van der Waals surface area contributed by atoms with E-state index in [9.17, 15) is 13.2 Å². The number of nitrogens with zero attached hydrogens (tertiary/aromatic N) is 1. The fraction of sp³-hybridized carbons (Fsp3) is 0.435. The Hall–Kier alpha value is -2.18. The average molecular weight is 415 g/mol. The van der Waals surface area contributed by atoms with Gasteiger partial charge in [0.25, 0.3) is 5.91 Å². The van der Waals surface area contributed by atoms with Gasteiger partial charge in [0.05, 0.1) is 5.75 Å². The van der Waals surface area contributed by atoms with Crippen LogP contribution in [0.4, 0.5) is 0 Å². The second-order valence-electron chi connectivity index (χ2n) is 7.81. The number of hydrogen-bond acceptors (Lipinski definition) is 3. The lowest BCUT2D eigenvalue weighted by Gasteiger charge is -2.25. The standard InChI is InChI=1S/C23H30N2O3S/c1-19(10-11-20-8-4-2-5-9-20)24-23(26)22-14-12-21(13-15-22)18-29(27,28)25-16-6-3-7-17-25/h2,4-5,8-9,12-15,19H,3,6-7,10-11,16-18H2,1H3,(H,24,26)/t19-/m0/s1. The van der Waals surface area contributed by atoms with Crippen molar-refractivity contribution < 1.29 is 13.2 Å². The molecule has 1 fully saturated rings. The molecule has 0 aliphatic carbocycles. The van der Waals surface area contributed by atoms with Gasteiger partial charge in [0.1, 0.15) is 0 Å². The summed E-state index contributed by atoms with van der Waals surface area (Å²) < 4.78 is 26.7. The molecule has 1 heterocycles. The summed E-state index contributed by atoms with van der Waals surface area (Å²) in [4.78, 5) is 12.5. The Morgan fingerprint density at radius 1 is 0.966 bits per heavy atom. The third-order valence-corrected chi connectivity index (χ3v) is 7.21. The highest BCUT2D eigenvalue weighted by molar-refractivity contribution is 7.88. The zero-order valence-corrected chi connectivity index (χ0v) is 17.8. The van der Waals surface area contributed by atoms with Crippen LogP contribution in [0, 0.1) is 0 Å². The van der Waals surface area contributed by atoms with Gasteiger partial charge in [-0.15, -0.1) is 0 Å². The Morgan fingerprint density at radius 2 is 1.62 bits per heavy atom. The van der Waals surface area contributed by atoms with E-state index in [2.05, 4.69) is 17.4 Å². The van der Waals surface area contributed by atoms with Crippen molar-refractivity contribution in [3.8, 4) is 0 Å². The smallest absolute Gasteiger partial charge is 0.251 e. The number of sulfonamides is 1. The molecule has 1 saturated heterocycles. The molecular weight excluding hydrogens is 384 g/mol. The van der Waals surface area contributed by atoms with Crippen LogP contribution in [0.3, 0.4) is 0 Å². The van der Waals surface area contributed by atoms with Gasteiger partial charge in [0.15, 0.2) is 0 Å². The van der Waals surface area contributed by atoms with Crippen molar-refractivity contribution in [1.82, 2.24) is 9.62 Å². The highest BCUT2D eigenvalue weighted by Crippen LogP contribution is 2.17. The largest absolute Gasteiger partial charge is 0.350 e. The van der Waals surface area contributed by atoms with E-state index in [1.165, 1.54) is 5.56 Å². The molecule has 0 saturated carbocycles. The molecule has 29 heavy (non-hydrogen) atoms. The van der Waals surface area contributed by atoms with E-state index in [0.29, 0.717) is 24.2 Å². The maximum Gasteiger partial charge on any atom is 0.251 e. The highest BCUT2D eigenvalue weighted by atomic mass is 32.2. The molecule has 0 unspecified atom stereocenters. The SMILES string of the molecule is C[C@@H](CCc1ccccc1)NC(=O)c1ccc(CS(=O)(=O)N2CCCCC2)cc1. The van der Waals surface area contributed by atoms with Gasteiger partial charge in [-0.3, -0.25) is 4.79 Å². The second-order valence-corrected chi connectivity index (χ2v) is 9.78. The van der Waals surface area contributed by atoms with Crippen molar-refractivity contribution in [3.63, 3.8) is 0 Å². The number of piperidine rings is 1. The van der Waals surface area contributed by atoms with Crippen molar-refractivity contribution >= 4 is 15.9 Å². The summed E-state index contributed by atoms with van der Waals surface area (Å²) in [6.45, 7) is 3.23. The van der Waals surface area contributed by atoms with Crippen LogP contribution >= 0.6 is 0 Å². The quantitative estimate of drug-likeness (QED) is 0.715. The van der Waals surface area contributed by atoms with Crippen LogP contribution in [0.25, 0.3) is 0 Å². The molecule has 0 bridgehead atoms. The maximum absolute atomic E-state index is 12.6. The van der Waals surface area contributed by atoms with Gasteiger partial charge < -0.3 is 5.32 Å². The first-order chi connectivity index (χ1) is 13.9. The van der Waals surface area contributed by atoms with E-state index in [0.717, 1.165) is 32.1 Å². The van der Waals surface area contributed by atoms with Gasteiger partial charge >= 0.3 is 0 Å². The Bertz CT molecular complexity index is 889. The highest BCUT2D eigenvalue weighted by Gasteiger charge is 2.24. The second kappa shape index (κ2) is 10.0. The minimum Gasteiger partial charge on any atom is -0.350 e. The van der Waals surface area contributed by atoms with E-state index in [4.69, 9.17) is 0 Å². The first-order valence-electron chi connectivity index (χ1n) is 10.4. The van der Waals surface area contributed by atoms with Crippen LogP contribution in [0.2, 0.25) is 0 Å². The Balaban J connectivity index is 1.51. The van der Waals surface area contributed by atoms with Gasteiger partial charge in [0, 0.05) is 24.7 Å². The van der Waals surface area contributed by atoms with Crippen molar-refractivity contribution in [2.75, 3.05) is 13.1 Å². The van der Waals surface area contributed by atoms with Gasteiger partial charge in [-0.05, 0) is 55.9 Å². The van der Waals surface area contributed by atoms with Crippen LogP contribution in [-0.4, -0.2) is 37.8 Å². The first-order valence-corrected chi connectivity index (χ1v) is 12.0. The minimum absolute atomic E-state index is 0.0115. The molecule has 2 aromatic rings. The first kappa shape index (κ1) is 21.5. The van der Waals surface area contributed by atoms with Crippen LogP contribution in [0.15, 0.2) is 54.6 Å². The molecule has 3 rings (SSSR count). The van der Waals surface area contributed by atoms with Crippen LogP contribution in [0.1, 0.15) is 54.1 Å². The number of rotatable bonds is 8. The van der Waals surface area contributed by atoms with Gasteiger partial charge in [-0.1, -0.05) is 48.9 Å². The normalized spacial score (nSPS) is 16.3. The Morgan fingerprint density at radius 3 is 2.28 bits per heavy atom. The summed E-state index contributed by atoms with van der Waals surface area (Å²) in [6, 6.07) is 17.2. The Kier molecular flexibility index (Phi) is 7.45. The lowest BCUT2D eigenvalue weighted by atomic mass is 10.1. The number of benzene rings is 2. The summed E-state index contributed by atoms with van der Waals surface area (Å²) >= 11 is 0. The molecule has 1 aliphatic rings. The molecule has 5 nitrogen and oxygen atoms in total. The number of hydrogen-bond donors (Lipinski definition) is 1.